The first-order valence-electron chi connectivity index (χ1n) is 8.03. The largest absolute Gasteiger partial charge is 0.375 e. The Morgan fingerprint density at radius 1 is 1.40 bits per heavy atom. The topological polar surface area (TPSA) is 39.1 Å². The highest BCUT2D eigenvalue weighted by Crippen LogP contribution is 2.38. The van der Waals surface area contributed by atoms with Crippen molar-refractivity contribution in [3.63, 3.8) is 0 Å². The average Bonchev–Trinajstić information content (AvgIpc) is 2.78. The van der Waals surface area contributed by atoms with Crippen LogP contribution in [0.1, 0.15) is 56.2 Å². The van der Waals surface area contributed by atoms with Crippen molar-refractivity contribution in [1.29, 1.82) is 0 Å². The molecule has 20 heavy (non-hydrogen) atoms. The molecule has 0 amide bonds. The highest BCUT2D eigenvalue weighted by molar-refractivity contribution is 5.15. The number of hydrogen-bond acceptors (Lipinski definition) is 3. The molecule has 2 aliphatic rings. The lowest BCUT2D eigenvalue weighted by molar-refractivity contribution is -0.109. The number of nitrogens with one attached hydrogen (secondary N) is 1. The summed E-state index contributed by atoms with van der Waals surface area (Å²) in [6, 6.07) is 0.599. The maximum Gasteiger partial charge on any atom is 0.0697 e. The normalized spacial score (nSPS) is 26.0. The van der Waals surface area contributed by atoms with Crippen LogP contribution in [0.4, 0.5) is 0 Å². The molecule has 1 saturated carbocycles. The van der Waals surface area contributed by atoms with E-state index in [2.05, 4.69) is 17.3 Å². The van der Waals surface area contributed by atoms with Crippen LogP contribution in [-0.2, 0) is 18.3 Å². The molecule has 4 heteroatoms. The molecule has 0 aromatic carbocycles. The van der Waals surface area contributed by atoms with Crippen molar-refractivity contribution in [3.8, 4) is 0 Å². The second-order valence-corrected chi connectivity index (χ2v) is 6.54. The number of rotatable bonds is 3. The van der Waals surface area contributed by atoms with E-state index in [-0.39, 0.29) is 5.60 Å². The number of ether oxygens (including phenoxy) is 1. The molecule has 1 aliphatic carbocycles. The summed E-state index contributed by atoms with van der Waals surface area (Å²) in [6.07, 6.45) is 10.9. The van der Waals surface area contributed by atoms with Gasteiger partial charge in [0, 0.05) is 37.5 Å². The van der Waals surface area contributed by atoms with Crippen molar-refractivity contribution >= 4 is 0 Å². The predicted molar refractivity (Wildman–Crippen MR) is 79.6 cm³/mol. The highest BCUT2D eigenvalue weighted by Gasteiger charge is 2.38. The van der Waals surface area contributed by atoms with E-state index in [0.29, 0.717) is 6.04 Å². The Morgan fingerprint density at radius 2 is 2.20 bits per heavy atom. The molecule has 1 atom stereocenters. The fraction of sp³-hybridized carbons (Fsp3) is 0.812. The lowest BCUT2D eigenvalue weighted by atomic mass is 9.78. The molecule has 1 aliphatic heterocycles. The van der Waals surface area contributed by atoms with Crippen molar-refractivity contribution in [2.75, 3.05) is 6.61 Å². The van der Waals surface area contributed by atoms with Crippen LogP contribution in [-0.4, -0.2) is 28.0 Å². The van der Waals surface area contributed by atoms with Gasteiger partial charge in [0.15, 0.2) is 0 Å². The van der Waals surface area contributed by atoms with Gasteiger partial charge in [0.05, 0.1) is 11.8 Å². The van der Waals surface area contributed by atoms with Crippen molar-refractivity contribution in [2.45, 2.75) is 70.1 Å². The van der Waals surface area contributed by atoms with Gasteiger partial charge in [0.25, 0.3) is 0 Å². The summed E-state index contributed by atoms with van der Waals surface area (Å²) in [5, 5.41) is 8.05. The van der Waals surface area contributed by atoms with Gasteiger partial charge in [0.2, 0.25) is 0 Å². The third kappa shape index (κ3) is 2.91. The van der Waals surface area contributed by atoms with Crippen LogP contribution in [0.2, 0.25) is 0 Å². The Bertz CT molecular complexity index is 443. The van der Waals surface area contributed by atoms with Crippen LogP contribution in [0.15, 0.2) is 6.20 Å². The van der Waals surface area contributed by atoms with Crippen LogP contribution in [0.5, 0.6) is 0 Å². The predicted octanol–water partition coefficient (Wildman–Crippen LogP) is 2.70. The van der Waals surface area contributed by atoms with E-state index in [1.165, 1.54) is 49.8 Å². The first-order chi connectivity index (χ1) is 9.69. The molecule has 1 unspecified atom stereocenters. The molecule has 3 rings (SSSR count). The molecular weight excluding hydrogens is 250 g/mol. The van der Waals surface area contributed by atoms with E-state index >= 15 is 0 Å². The van der Waals surface area contributed by atoms with Crippen LogP contribution in [0.25, 0.3) is 0 Å². The second-order valence-electron chi connectivity index (χ2n) is 6.54. The van der Waals surface area contributed by atoms with Crippen LogP contribution < -0.4 is 5.32 Å². The SMILES string of the molecule is Cc1c(CNC2CCOC3(CCCCC3)C2)cnn1C. The zero-order valence-electron chi connectivity index (χ0n) is 12.8. The Balaban J connectivity index is 1.56. The van der Waals surface area contributed by atoms with Gasteiger partial charge < -0.3 is 10.1 Å². The Morgan fingerprint density at radius 3 is 2.90 bits per heavy atom. The standard InChI is InChI=1S/C16H27N3O/c1-13-14(12-18-19(13)2)11-17-15-6-9-20-16(10-15)7-4-3-5-8-16/h12,15,17H,3-11H2,1-2H3. The summed E-state index contributed by atoms with van der Waals surface area (Å²) < 4.78 is 8.11. The molecule has 0 radical (unpaired) electrons. The Kier molecular flexibility index (Phi) is 4.13. The monoisotopic (exact) mass is 277 g/mol. The van der Waals surface area contributed by atoms with E-state index in [1.807, 2.05) is 17.9 Å². The van der Waals surface area contributed by atoms with E-state index in [9.17, 15) is 0 Å². The number of aryl methyl sites for hydroxylation is 1. The van der Waals surface area contributed by atoms with Crippen molar-refractivity contribution in [1.82, 2.24) is 15.1 Å². The number of hydrogen-bond donors (Lipinski definition) is 1. The number of nitrogens with zero attached hydrogens (tertiary/aromatic N) is 2. The maximum atomic E-state index is 6.16. The molecule has 2 fully saturated rings. The fourth-order valence-electron chi connectivity index (χ4n) is 3.72. The minimum atomic E-state index is 0.193. The summed E-state index contributed by atoms with van der Waals surface area (Å²) in [7, 11) is 2.00. The minimum Gasteiger partial charge on any atom is -0.375 e. The molecule has 0 bridgehead atoms. The molecule has 1 aromatic rings. The van der Waals surface area contributed by atoms with Crippen molar-refractivity contribution < 1.29 is 4.74 Å². The van der Waals surface area contributed by atoms with Gasteiger partial charge in [-0.1, -0.05) is 19.3 Å². The smallest absolute Gasteiger partial charge is 0.0697 e. The van der Waals surface area contributed by atoms with Gasteiger partial charge in [-0.3, -0.25) is 4.68 Å². The Labute approximate surface area is 121 Å². The lowest BCUT2D eigenvalue weighted by Crippen LogP contribution is -2.47. The van der Waals surface area contributed by atoms with E-state index < -0.39 is 0 Å². The molecular formula is C16H27N3O. The first kappa shape index (κ1) is 14.1. The number of aromatic nitrogens is 2. The third-order valence-electron chi connectivity index (χ3n) is 5.18. The van der Waals surface area contributed by atoms with Gasteiger partial charge in [-0.15, -0.1) is 0 Å². The first-order valence-corrected chi connectivity index (χ1v) is 8.03. The van der Waals surface area contributed by atoms with Crippen molar-refractivity contribution in [2.24, 2.45) is 7.05 Å². The van der Waals surface area contributed by atoms with E-state index in [1.54, 1.807) is 0 Å². The van der Waals surface area contributed by atoms with E-state index in [4.69, 9.17) is 4.74 Å². The van der Waals surface area contributed by atoms with Gasteiger partial charge in [-0.05, 0) is 32.6 Å². The van der Waals surface area contributed by atoms with Crippen LogP contribution in [0.3, 0.4) is 0 Å². The minimum absolute atomic E-state index is 0.193. The van der Waals surface area contributed by atoms with Gasteiger partial charge in [-0.2, -0.15) is 5.10 Å². The summed E-state index contributed by atoms with van der Waals surface area (Å²) in [5.41, 5.74) is 2.77. The molecule has 112 valence electrons. The summed E-state index contributed by atoms with van der Waals surface area (Å²) in [4.78, 5) is 0. The molecule has 1 saturated heterocycles. The maximum absolute atomic E-state index is 6.16. The van der Waals surface area contributed by atoms with Gasteiger partial charge in [-0.25, -0.2) is 0 Å². The van der Waals surface area contributed by atoms with E-state index in [0.717, 1.165) is 19.6 Å². The summed E-state index contributed by atoms with van der Waals surface area (Å²) in [6.45, 7) is 3.99. The zero-order valence-corrected chi connectivity index (χ0v) is 12.8. The second kappa shape index (κ2) is 5.86. The fourth-order valence-corrected chi connectivity index (χ4v) is 3.72. The average molecular weight is 277 g/mol. The zero-order chi connectivity index (χ0) is 14.0. The molecule has 4 nitrogen and oxygen atoms in total. The van der Waals surface area contributed by atoms with Crippen LogP contribution in [0, 0.1) is 6.92 Å². The molecule has 1 N–H and O–H groups in total. The molecule has 2 heterocycles. The van der Waals surface area contributed by atoms with Gasteiger partial charge in [0.1, 0.15) is 0 Å². The molecule has 1 spiro atoms. The summed E-state index contributed by atoms with van der Waals surface area (Å²) in [5.74, 6) is 0. The highest BCUT2D eigenvalue weighted by atomic mass is 16.5. The van der Waals surface area contributed by atoms with Gasteiger partial charge >= 0.3 is 0 Å². The Hall–Kier alpha value is -0.870. The quantitative estimate of drug-likeness (QED) is 0.923. The third-order valence-corrected chi connectivity index (χ3v) is 5.18. The molecule has 1 aromatic heterocycles. The lowest BCUT2D eigenvalue weighted by Gasteiger charge is -2.43. The van der Waals surface area contributed by atoms with Crippen LogP contribution >= 0.6 is 0 Å². The van der Waals surface area contributed by atoms with Crippen molar-refractivity contribution in [3.05, 3.63) is 17.5 Å². The summed E-state index contributed by atoms with van der Waals surface area (Å²) >= 11 is 0.